The van der Waals surface area contributed by atoms with Crippen LogP contribution >= 0.6 is 7.26 Å². The van der Waals surface area contributed by atoms with Crippen molar-refractivity contribution in [2.45, 2.75) is 12.1 Å². The van der Waals surface area contributed by atoms with Gasteiger partial charge in [0.25, 0.3) is 0 Å². The summed E-state index contributed by atoms with van der Waals surface area (Å²) in [6.07, 6.45) is 0.621. The molecule has 0 spiro atoms. The Labute approximate surface area is 184 Å². The Hall–Kier alpha value is -2.80. The summed E-state index contributed by atoms with van der Waals surface area (Å²) >= 11 is 5.44. The van der Waals surface area contributed by atoms with Crippen molar-refractivity contribution < 1.29 is 4.79 Å². The predicted octanol–water partition coefficient (Wildman–Crippen LogP) is 4.67. The molecule has 0 saturated carbocycles. The van der Waals surface area contributed by atoms with E-state index in [1.54, 1.807) is 0 Å². The molecule has 0 radical (unpaired) electrons. The topological polar surface area (TPSA) is 17.1 Å². The Balaban J connectivity index is 2.04. The van der Waals surface area contributed by atoms with Gasteiger partial charge in [-0.05, 0) is 42.0 Å². The highest BCUT2D eigenvalue weighted by Gasteiger charge is 2.52. The lowest BCUT2D eigenvalue weighted by molar-refractivity contribution is -0.110. The minimum Gasteiger partial charge on any atom is -0.738 e. The van der Waals surface area contributed by atoms with Gasteiger partial charge in [-0.15, -0.1) is 0 Å². The van der Waals surface area contributed by atoms with Crippen LogP contribution in [0.1, 0.15) is 5.56 Å². The molecule has 0 N–H and O–H groups in total. The molecule has 0 fully saturated rings. The van der Waals surface area contributed by atoms with Crippen LogP contribution < -0.4 is 15.9 Å². The normalized spacial score (nSPS) is 12.3. The van der Waals surface area contributed by atoms with E-state index in [0.29, 0.717) is 6.42 Å². The molecule has 0 aliphatic rings. The van der Waals surface area contributed by atoms with E-state index in [4.69, 9.17) is 12.6 Å². The molecular weight excluding hydrogens is 403 g/mol. The summed E-state index contributed by atoms with van der Waals surface area (Å²) < 4.78 is 0. The van der Waals surface area contributed by atoms with Crippen LogP contribution in [0.2, 0.25) is 0 Å². The van der Waals surface area contributed by atoms with E-state index in [-0.39, 0.29) is 10.8 Å². The van der Waals surface area contributed by atoms with Gasteiger partial charge < -0.3 is 17.4 Å². The molecule has 0 aliphatic heterocycles. The fourth-order valence-electron chi connectivity index (χ4n) is 4.19. The summed E-state index contributed by atoms with van der Waals surface area (Å²) in [5.41, 5.74) is 0.815. The fraction of sp³-hybridized carbons (Fsp3) is 0.0741. The number of hydrogen-bond donors (Lipinski definition) is 0. The van der Waals surface area contributed by atoms with Gasteiger partial charge in [-0.1, -0.05) is 84.9 Å². The van der Waals surface area contributed by atoms with Crippen molar-refractivity contribution in [1.82, 2.24) is 0 Å². The third-order valence-corrected chi connectivity index (χ3v) is 10.7. The fourth-order valence-corrected chi connectivity index (χ4v) is 9.45. The zero-order chi connectivity index (χ0) is 20.8. The Kier molecular flexibility index (Phi) is 6.38. The van der Waals surface area contributed by atoms with E-state index in [1.165, 1.54) is 15.9 Å². The van der Waals surface area contributed by atoms with Crippen molar-refractivity contribution in [1.29, 1.82) is 0 Å². The molecule has 30 heavy (non-hydrogen) atoms. The van der Waals surface area contributed by atoms with Gasteiger partial charge in [0.15, 0.2) is 0 Å². The number of rotatable bonds is 7. The maximum absolute atomic E-state index is 13.2. The van der Waals surface area contributed by atoms with E-state index >= 15 is 0 Å². The smallest absolute Gasteiger partial charge is 0.124 e. The summed E-state index contributed by atoms with van der Waals surface area (Å²) in [4.78, 5) is 13.2. The zero-order valence-electron chi connectivity index (χ0n) is 16.6. The average Bonchev–Trinajstić information content (AvgIpc) is 2.82. The Morgan fingerprint density at radius 1 is 0.600 bits per heavy atom. The standard InChI is InChI=1S/C27H23OPS/c28-27(30)26(21-22-13-5-1-6-14-22)29(23-15-7-2-8-16-23,24-17-9-3-10-18-24)25-19-11-4-12-20-25/h1-20,26H,21H2. The number of hydrogen-bond acceptors (Lipinski definition) is 2. The largest absolute Gasteiger partial charge is 0.738 e. The van der Waals surface area contributed by atoms with Crippen LogP contribution in [0.3, 0.4) is 0 Å². The molecule has 0 bridgehead atoms. The first kappa shape index (κ1) is 20.5. The molecule has 0 aromatic heterocycles. The van der Waals surface area contributed by atoms with Crippen LogP contribution in [0, 0.1) is 0 Å². The summed E-state index contributed by atoms with van der Waals surface area (Å²) in [5.74, 6) is 0. The lowest BCUT2D eigenvalue weighted by atomic mass is 10.1. The number of carbonyl (C=O) groups excluding carboxylic acids is 1. The highest BCUT2D eigenvalue weighted by molar-refractivity contribution is 7.98. The number of benzene rings is 4. The summed E-state index contributed by atoms with van der Waals surface area (Å²) in [6.45, 7) is 0. The summed E-state index contributed by atoms with van der Waals surface area (Å²) in [5, 5.41) is 3.37. The van der Waals surface area contributed by atoms with Crippen molar-refractivity contribution in [2.75, 3.05) is 0 Å². The molecule has 148 valence electrons. The van der Waals surface area contributed by atoms with Gasteiger partial charge in [0.1, 0.15) is 28.8 Å². The van der Waals surface area contributed by atoms with Gasteiger partial charge in [-0.3, -0.25) is 0 Å². The molecule has 1 nitrogen and oxygen atoms in total. The monoisotopic (exact) mass is 426 g/mol. The van der Waals surface area contributed by atoms with Crippen molar-refractivity contribution in [3.05, 3.63) is 127 Å². The minimum atomic E-state index is -2.34. The van der Waals surface area contributed by atoms with Crippen LogP contribution in [0.25, 0.3) is 0 Å². The van der Waals surface area contributed by atoms with Gasteiger partial charge in [-0.25, -0.2) is 0 Å². The van der Waals surface area contributed by atoms with Crippen molar-refractivity contribution in [2.24, 2.45) is 0 Å². The zero-order valence-corrected chi connectivity index (χ0v) is 18.3. The molecule has 4 aromatic rings. The second kappa shape index (κ2) is 9.34. The lowest BCUT2D eigenvalue weighted by Crippen LogP contribution is -2.43. The first-order chi connectivity index (χ1) is 14.7. The average molecular weight is 427 g/mol. The summed E-state index contributed by atoms with van der Waals surface area (Å²) in [6, 6.07) is 41.6. The van der Waals surface area contributed by atoms with Gasteiger partial charge in [0.05, 0.1) is 5.12 Å². The quantitative estimate of drug-likeness (QED) is 0.316. The van der Waals surface area contributed by atoms with E-state index in [0.717, 1.165) is 5.56 Å². The predicted molar refractivity (Wildman–Crippen MR) is 131 cm³/mol. The van der Waals surface area contributed by atoms with Crippen molar-refractivity contribution in [3.63, 3.8) is 0 Å². The SMILES string of the molecule is O=C([S-])C(Cc1ccccc1)[P+](c1ccccc1)(c1ccccc1)c1ccccc1. The minimum absolute atomic E-state index is 0.177. The lowest BCUT2D eigenvalue weighted by Gasteiger charge is -2.36. The Bertz CT molecular complexity index is 986. The van der Waals surface area contributed by atoms with E-state index < -0.39 is 7.26 Å². The van der Waals surface area contributed by atoms with Crippen LogP contribution in [0.15, 0.2) is 121 Å². The van der Waals surface area contributed by atoms with Crippen LogP contribution in [0.5, 0.6) is 0 Å². The van der Waals surface area contributed by atoms with E-state index in [1.807, 2.05) is 36.4 Å². The van der Waals surface area contributed by atoms with Crippen LogP contribution in [-0.2, 0) is 23.8 Å². The molecular formula is C27H23OPS. The van der Waals surface area contributed by atoms with Crippen LogP contribution in [-0.4, -0.2) is 10.8 Å². The van der Waals surface area contributed by atoms with Gasteiger partial charge in [-0.2, -0.15) is 0 Å². The van der Waals surface area contributed by atoms with E-state index in [9.17, 15) is 4.79 Å². The van der Waals surface area contributed by atoms with Crippen molar-refractivity contribution in [3.8, 4) is 0 Å². The Morgan fingerprint density at radius 2 is 0.933 bits per heavy atom. The highest BCUT2D eigenvalue weighted by atomic mass is 32.1. The molecule has 1 unspecified atom stereocenters. The second-order valence-corrected chi connectivity index (χ2v) is 11.3. The van der Waals surface area contributed by atoms with E-state index in [2.05, 4.69) is 84.9 Å². The summed E-state index contributed by atoms with van der Waals surface area (Å²) in [7, 11) is -2.34. The van der Waals surface area contributed by atoms with Gasteiger partial charge >= 0.3 is 0 Å². The number of carbonyl (C=O) groups is 1. The molecule has 3 heteroatoms. The molecule has 4 aromatic carbocycles. The first-order valence-corrected chi connectivity index (χ1v) is 12.3. The van der Waals surface area contributed by atoms with Crippen LogP contribution in [0.4, 0.5) is 0 Å². The molecule has 0 saturated heterocycles. The Morgan fingerprint density at radius 3 is 1.27 bits per heavy atom. The third kappa shape index (κ3) is 3.94. The molecule has 4 rings (SSSR count). The second-order valence-electron chi connectivity index (χ2n) is 7.25. The third-order valence-electron chi connectivity index (χ3n) is 5.50. The van der Waals surface area contributed by atoms with Crippen molar-refractivity contribution >= 4 is 40.9 Å². The van der Waals surface area contributed by atoms with Gasteiger partial charge in [0.2, 0.25) is 0 Å². The molecule has 0 heterocycles. The molecule has 0 amide bonds. The molecule has 0 aliphatic carbocycles. The first-order valence-electron chi connectivity index (χ1n) is 10.0. The maximum atomic E-state index is 13.2. The highest BCUT2D eigenvalue weighted by Crippen LogP contribution is 2.60. The molecule has 1 atom stereocenters. The van der Waals surface area contributed by atoms with Gasteiger partial charge in [0, 0.05) is 6.42 Å². The maximum Gasteiger partial charge on any atom is 0.124 e.